The normalized spacial score (nSPS) is 20.8. The molecule has 7 atom stereocenters. The predicted octanol–water partition coefficient (Wildman–Crippen LogP) is 11.4. The molecule has 1 amide bonds. The van der Waals surface area contributed by atoms with Crippen molar-refractivity contribution in [2.75, 3.05) is 13.2 Å². The van der Waals surface area contributed by atoms with Gasteiger partial charge in [0.1, 0.15) is 24.4 Å². The highest BCUT2D eigenvalue weighted by molar-refractivity contribution is 5.76. The second-order valence-corrected chi connectivity index (χ2v) is 17.6. The van der Waals surface area contributed by atoms with Gasteiger partial charge < -0.3 is 40.3 Å². The van der Waals surface area contributed by atoms with E-state index in [0.29, 0.717) is 6.42 Å². The lowest BCUT2D eigenvalue weighted by Gasteiger charge is -2.40. The maximum absolute atomic E-state index is 13.0. The first kappa shape index (κ1) is 57.2. The van der Waals surface area contributed by atoms with Crippen molar-refractivity contribution >= 4 is 5.91 Å². The summed E-state index contributed by atoms with van der Waals surface area (Å²) in [6.45, 7) is 3.63. The van der Waals surface area contributed by atoms with Crippen molar-refractivity contribution in [3.63, 3.8) is 0 Å². The van der Waals surface area contributed by atoms with Crippen molar-refractivity contribution in [2.24, 2.45) is 0 Å². The molecule has 0 saturated carbocycles. The molecule has 9 heteroatoms. The number of aliphatic hydroxyl groups excluding tert-OH is 5. The highest BCUT2D eigenvalue weighted by Gasteiger charge is 2.44. The van der Waals surface area contributed by atoms with Gasteiger partial charge >= 0.3 is 0 Å². The minimum absolute atomic E-state index is 0.194. The van der Waals surface area contributed by atoms with Gasteiger partial charge in [0.05, 0.1) is 25.4 Å². The molecule has 1 aliphatic heterocycles. The van der Waals surface area contributed by atoms with E-state index in [9.17, 15) is 30.3 Å². The summed E-state index contributed by atoms with van der Waals surface area (Å²) in [4.78, 5) is 13.0. The highest BCUT2D eigenvalue weighted by atomic mass is 16.7. The van der Waals surface area contributed by atoms with Gasteiger partial charge in [0.25, 0.3) is 0 Å². The number of hydrogen-bond acceptors (Lipinski definition) is 8. The zero-order valence-corrected chi connectivity index (χ0v) is 39.2. The fraction of sp³-hybridized carbons (Fsp3) is 0.827. The van der Waals surface area contributed by atoms with Gasteiger partial charge in [-0.1, -0.05) is 197 Å². The topological polar surface area (TPSA) is 149 Å². The Morgan fingerprint density at radius 3 is 1.46 bits per heavy atom. The molecule has 1 rings (SSSR count). The lowest BCUT2D eigenvalue weighted by atomic mass is 9.99. The molecule has 0 spiro atoms. The molecule has 0 bridgehead atoms. The van der Waals surface area contributed by atoms with Crippen LogP contribution in [0.15, 0.2) is 48.6 Å². The second kappa shape index (κ2) is 42.1. The maximum atomic E-state index is 13.0. The number of hydrogen-bond donors (Lipinski definition) is 6. The van der Waals surface area contributed by atoms with Gasteiger partial charge in [-0.25, -0.2) is 0 Å². The summed E-state index contributed by atoms with van der Waals surface area (Å²) in [5.41, 5.74) is 0. The quantitative estimate of drug-likeness (QED) is 0.0262. The Balaban J connectivity index is 2.17. The molecule has 356 valence electrons. The van der Waals surface area contributed by atoms with E-state index in [4.69, 9.17) is 9.47 Å². The molecule has 6 N–H and O–H groups in total. The Bertz CT molecular complexity index is 1090. The van der Waals surface area contributed by atoms with Crippen LogP contribution in [-0.2, 0) is 14.3 Å². The van der Waals surface area contributed by atoms with E-state index >= 15 is 0 Å². The van der Waals surface area contributed by atoms with Gasteiger partial charge in [0.2, 0.25) is 5.91 Å². The Hall–Kier alpha value is -1.85. The molecule has 0 radical (unpaired) electrons. The van der Waals surface area contributed by atoms with Gasteiger partial charge in [-0.3, -0.25) is 4.79 Å². The van der Waals surface area contributed by atoms with E-state index < -0.39 is 49.5 Å². The first-order chi connectivity index (χ1) is 29.8. The third kappa shape index (κ3) is 32.5. The van der Waals surface area contributed by atoms with Crippen LogP contribution in [0, 0.1) is 0 Å². The van der Waals surface area contributed by atoms with Crippen LogP contribution in [0.3, 0.4) is 0 Å². The predicted molar refractivity (Wildman–Crippen MR) is 253 cm³/mol. The zero-order valence-electron chi connectivity index (χ0n) is 39.2. The van der Waals surface area contributed by atoms with Crippen LogP contribution in [0.2, 0.25) is 0 Å². The Morgan fingerprint density at radius 1 is 0.557 bits per heavy atom. The molecule has 0 aromatic rings. The molecule has 1 heterocycles. The summed E-state index contributed by atoms with van der Waals surface area (Å²) in [5.74, 6) is -0.194. The number of unbranched alkanes of at least 4 members (excludes halogenated alkanes) is 26. The van der Waals surface area contributed by atoms with Gasteiger partial charge in [-0.05, 0) is 64.2 Å². The molecular weight excluding hydrogens is 767 g/mol. The monoisotopic (exact) mass is 862 g/mol. The van der Waals surface area contributed by atoms with Crippen molar-refractivity contribution in [3.05, 3.63) is 48.6 Å². The van der Waals surface area contributed by atoms with Gasteiger partial charge in [0.15, 0.2) is 6.29 Å². The minimum atomic E-state index is -1.57. The van der Waals surface area contributed by atoms with Crippen LogP contribution >= 0.6 is 0 Å². The summed E-state index contributed by atoms with van der Waals surface area (Å²) in [5, 5.41) is 54.1. The highest BCUT2D eigenvalue weighted by Crippen LogP contribution is 2.23. The number of carbonyl (C=O) groups is 1. The van der Waals surface area contributed by atoms with Crippen LogP contribution in [-0.4, -0.2) is 87.5 Å². The third-order valence-electron chi connectivity index (χ3n) is 11.9. The van der Waals surface area contributed by atoms with Gasteiger partial charge in [0, 0.05) is 6.42 Å². The van der Waals surface area contributed by atoms with E-state index in [1.165, 1.54) is 148 Å². The molecule has 1 saturated heterocycles. The summed E-state index contributed by atoms with van der Waals surface area (Å²) >= 11 is 0. The van der Waals surface area contributed by atoms with E-state index in [-0.39, 0.29) is 12.5 Å². The van der Waals surface area contributed by atoms with Crippen molar-refractivity contribution < 1.29 is 39.8 Å². The van der Waals surface area contributed by atoms with E-state index in [0.717, 1.165) is 51.4 Å². The lowest BCUT2D eigenvalue weighted by molar-refractivity contribution is -0.302. The summed E-state index contributed by atoms with van der Waals surface area (Å²) in [7, 11) is 0. The first-order valence-electron chi connectivity index (χ1n) is 25.4. The van der Waals surface area contributed by atoms with Gasteiger partial charge in [-0.2, -0.15) is 0 Å². The van der Waals surface area contributed by atoms with E-state index in [1.54, 1.807) is 6.08 Å². The SMILES string of the molecule is CC/C=C/CC/C=C/CC/C=C/C(O)C(COC1OC(CO)C(O)C(O)C1O)NC(=O)CCCCCCCCCCCCCC/C=C\CCCCCCCCCCCCCC. The van der Waals surface area contributed by atoms with Crippen molar-refractivity contribution in [3.8, 4) is 0 Å². The molecule has 1 aliphatic rings. The largest absolute Gasteiger partial charge is 0.394 e. The molecule has 0 aliphatic carbocycles. The molecule has 1 fully saturated rings. The number of allylic oxidation sites excluding steroid dienone is 7. The Morgan fingerprint density at radius 2 is 0.984 bits per heavy atom. The van der Waals surface area contributed by atoms with Crippen LogP contribution in [0.25, 0.3) is 0 Å². The molecule has 7 unspecified atom stereocenters. The van der Waals surface area contributed by atoms with Crippen molar-refractivity contribution in [1.82, 2.24) is 5.32 Å². The van der Waals surface area contributed by atoms with E-state index in [2.05, 4.69) is 55.6 Å². The van der Waals surface area contributed by atoms with Crippen LogP contribution in [0.1, 0.15) is 219 Å². The average molecular weight is 862 g/mol. The molecule has 9 nitrogen and oxygen atoms in total. The fourth-order valence-corrected chi connectivity index (χ4v) is 7.84. The smallest absolute Gasteiger partial charge is 0.220 e. The number of ether oxygens (including phenoxy) is 2. The molecule has 0 aromatic heterocycles. The number of carbonyl (C=O) groups excluding carboxylic acids is 1. The zero-order chi connectivity index (χ0) is 44.4. The molecular formula is C52H95NO8. The van der Waals surface area contributed by atoms with Crippen LogP contribution < -0.4 is 5.32 Å². The van der Waals surface area contributed by atoms with Crippen LogP contribution in [0.5, 0.6) is 0 Å². The summed E-state index contributed by atoms with van der Waals surface area (Å²) in [6, 6.07) is -0.826. The minimum Gasteiger partial charge on any atom is -0.394 e. The number of rotatable bonds is 42. The fourth-order valence-electron chi connectivity index (χ4n) is 7.84. The Labute approximate surface area is 373 Å². The summed E-state index contributed by atoms with van der Waals surface area (Å²) < 4.78 is 11.2. The third-order valence-corrected chi connectivity index (χ3v) is 11.9. The number of aliphatic hydroxyl groups is 5. The molecule has 61 heavy (non-hydrogen) atoms. The molecule has 0 aromatic carbocycles. The van der Waals surface area contributed by atoms with Crippen molar-refractivity contribution in [1.29, 1.82) is 0 Å². The van der Waals surface area contributed by atoms with Crippen LogP contribution in [0.4, 0.5) is 0 Å². The first-order valence-corrected chi connectivity index (χ1v) is 25.4. The average Bonchev–Trinajstić information content (AvgIpc) is 3.26. The number of amides is 1. The summed E-state index contributed by atoms with van der Waals surface area (Å²) in [6.07, 6.45) is 47.7. The second-order valence-electron chi connectivity index (χ2n) is 17.6. The van der Waals surface area contributed by atoms with Crippen molar-refractivity contribution in [2.45, 2.75) is 262 Å². The standard InChI is InChI=1S/C52H95NO8/c1-3-5-7-9-11-13-15-16-17-18-19-20-21-22-23-24-25-26-27-28-29-30-31-32-34-36-38-40-42-48(56)53-45(44-60-52-51(59)50(58)49(57)47(43-54)61-52)46(55)41-39-37-35-33-14-12-10-8-6-4-2/h6,8,14,22-23,33,39,41,45-47,49-52,54-55,57-59H,3-5,7,9-13,15-21,24-32,34-38,40,42-44H2,1-2H3,(H,53,56)/b8-6+,23-22-,33-14+,41-39+. The lowest BCUT2D eigenvalue weighted by Crippen LogP contribution is -2.60. The maximum Gasteiger partial charge on any atom is 0.220 e. The van der Waals surface area contributed by atoms with Gasteiger partial charge in [-0.15, -0.1) is 0 Å². The Kier molecular flexibility index (Phi) is 39.5. The van der Waals surface area contributed by atoms with E-state index in [1.807, 2.05) is 6.08 Å². The number of nitrogens with one attached hydrogen (secondary N) is 1.